The van der Waals surface area contributed by atoms with E-state index in [4.69, 9.17) is 15.2 Å². The van der Waals surface area contributed by atoms with Crippen molar-refractivity contribution in [2.24, 2.45) is 11.7 Å². The summed E-state index contributed by atoms with van der Waals surface area (Å²) in [7, 11) is 0. The molecule has 1 heterocycles. The van der Waals surface area contributed by atoms with Crippen molar-refractivity contribution in [1.82, 2.24) is 10.3 Å². The molecule has 136 valence electrons. The number of hydrogen-bond acceptors (Lipinski definition) is 7. The van der Waals surface area contributed by atoms with Crippen LogP contribution in [0.2, 0.25) is 0 Å². The third-order valence-corrected chi connectivity index (χ3v) is 3.20. The summed E-state index contributed by atoms with van der Waals surface area (Å²) in [5, 5.41) is 2.36. The molecule has 1 rings (SSSR count). The van der Waals surface area contributed by atoms with Crippen LogP contribution in [0.4, 0.5) is 0 Å². The van der Waals surface area contributed by atoms with E-state index < -0.39 is 42.1 Å². The molecule has 1 aromatic rings. The van der Waals surface area contributed by atoms with E-state index in [0.717, 1.165) is 0 Å². The molecule has 0 saturated carbocycles. The van der Waals surface area contributed by atoms with Crippen molar-refractivity contribution in [2.75, 3.05) is 13.2 Å². The van der Waals surface area contributed by atoms with E-state index in [-0.39, 0.29) is 18.8 Å². The molecule has 1 aromatic heterocycles. The van der Waals surface area contributed by atoms with Gasteiger partial charge in [0.2, 0.25) is 5.91 Å². The summed E-state index contributed by atoms with van der Waals surface area (Å²) in [6, 6.07) is 1.58. The fourth-order valence-electron chi connectivity index (χ4n) is 2.08. The topological polar surface area (TPSA) is 138 Å². The van der Waals surface area contributed by atoms with Crippen LogP contribution in [0.3, 0.4) is 0 Å². The Morgan fingerprint density at radius 3 is 2.40 bits per heavy atom. The number of carbonyl (C=O) groups excluding carboxylic acids is 4. The van der Waals surface area contributed by atoms with Gasteiger partial charge in [-0.25, -0.2) is 0 Å². The number of carbonyl (C=O) groups is 4. The highest BCUT2D eigenvalue weighted by Gasteiger charge is 2.37. The van der Waals surface area contributed by atoms with Crippen LogP contribution in [0.15, 0.2) is 24.5 Å². The van der Waals surface area contributed by atoms with Gasteiger partial charge in [-0.1, -0.05) is 0 Å². The van der Waals surface area contributed by atoms with E-state index in [0.29, 0.717) is 0 Å². The molecule has 0 aliphatic heterocycles. The number of pyridine rings is 1. The average molecular weight is 351 g/mol. The lowest BCUT2D eigenvalue weighted by Crippen LogP contribution is -2.52. The number of nitrogens with zero attached hydrogens (tertiary/aromatic N) is 1. The normalized spacial score (nSPS) is 12.6. The fourth-order valence-corrected chi connectivity index (χ4v) is 2.08. The molecule has 2 amide bonds. The number of ether oxygens (including phenoxy) is 2. The quantitative estimate of drug-likeness (QED) is 0.587. The predicted molar refractivity (Wildman–Crippen MR) is 86.1 cm³/mol. The second-order valence-electron chi connectivity index (χ2n) is 4.96. The lowest BCUT2D eigenvalue weighted by Gasteiger charge is -2.23. The minimum atomic E-state index is -1.43. The van der Waals surface area contributed by atoms with Crippen LogP contribution >= 0.6 is 0 Å². The van der Waals surface area contributed by atoms with E-state index in [2.05, 4.69) is 10.3 Å². The first-order chi connectivity index (χ1) is 11.9. The van der Waals surface area contributed by atoms with Crippen molar-refractivity contribution in [2.45, 2.75) is 26.3 Å². The molecule has 0 saturated heterocycles. The van der Waals surface area contributed by atoms with Crippen LogP contribution < -0.4 is 11.1 Å². The van der Waals surface area contributed by atoms with Gasteiger partial charge in [0.1, 0.15) is 6.04 Å². The summed E-state index contributed by atoms with van der Waals surface area (Å²) in [5.41, 5.74) is 5.49. The highest BCUT2D eigenvalue weighted by atomic mass is 16.5. The third-order valence-electron chi connectivity index (χ3n) is 3.20. The van der Waals surface area contributed by atoms with Crippen molar-refractivity contribution in [3.8, 4) is 0 Å². The first-order valence-corrected chi connectivity index (χ1v) is 7.73. The summed E-state index contributed by atoms with van der Waals surface area (Å²) >= 11 is 0. The number of nitrogens with one attached hydrogen (secondary N) is 1. The van der Waals surface area contributed by atoms with Crippen molar-refractivity contribution in [3.05, 3.63) is 30.1 Å². The van der Waals surface area contributed by atoms with E-state index >= 15 is 0 Å². The van der Waals surface area contributed by atoms with Crippen molar-refractivity contribution in [3.63, 3.8) is 0 Å². The smallest absolute Gasteiger partial charge is 0.312 e. The molecule has 0 radical (unpaired) electrons. The molecule has 0 unspecified atom stereocenters. The first kappa shape index (κ1) is 20.1. The maximum atomic E-state index is 12.2. The van der Waals surface area contributed by atoms with Gasteiger partial charge in [0.05, 0.1) is 31.1 Å². The number of esters is 2. The van der Waals surface area contributed by atoms with Crippen LogP contribution in [0, 0.1) is 5.92 Å². The molecular formula is C16H21N3O6. The molecule has 0 aliphatic carbocycles. The number of aromatic nitrogens is 1. The minimum absolute atomic E-state index is 0.0419. The lowest BCUT2D eigenvalue weighted by atomic mass is 9.95. The van der Waals surface area contributed by atoms with Crippen LogP contribution in [-0.4, -0.2) is 48.0 Å². The summed E-state index contributed by atoms with van der Waals surface area (Å²) in [6.45, 7) is 3.33. The molecular weight excluding hydrogens is 330 g/mol. The zero-order valence-corrected chi connectivity index (χ0v) is 14.1. The Bertz CT molecular complexity index is 620. The third kappa shape index (κ3) is 6.21. The first-order valence-electron chi connectivity index (χ1n) is 7.73. The molecule has 0 bridgehead atoms. The lowest BCUT2D eigenvalue weighted by molar-refractivity contribution is -0.156. The Balaban J connectivity index is 3.01. The number of rotatable bonds is 9. The Morgan fingerprint density at radius 1 is 1.20 bits per heavy atom. The zero-order chi connectivity index (χ0) is 18.8. The van der Waals surface area contributed by atoms with Crippen molar-refractivity contribution >= 4 is 23.8 Å². The molecule has 0 aliphatic rings. The zero-order valence-electron chi connectivity index (χ0n) is 14.1. The van der Waals surface area contributed by atoms with E-state index in [1.165, 1.54) is 24.5 Å². The SMILES string of the molecule is CCOC(=O)C[C@H](C(=O)OCC)[C@H](NC(=O)c1cccnc1)C(N)=O. The number of hydrogen-bond donors (Lipinski definition) is 2. The Morgan fingerprint density at radius 2 is 1.88 bits per heavy atom. The van der Waals surface area contributed by atoms with Gasteiger partial charge in [0.15, 0.2) is 0 Å². The highest BCUT2D eigenvalue weighted by Crippen LogP contribution is 2.14. The summed E-state index contributed by atoms with van der Waals surface area (Å²) in [4.78, 5) is 51.7. The molecule has 0 fully saturated rings. The molecule has 25 heavy (non-hydrogen) atoms. The standard InChI is InChI=1S/C16H21N3O6/c1-3-24-12(20)8-11(16(23)25-4-2)13(14(17)21)19-15(22)10-6-5-7-18-9-10/h5-7,9,11,13H,3-4,8H2,1-2H3,(H2,17,21)(H,19,22)/t11-,13-/m0/s1. The number of amides is 2. The second-order valence-corrected chi connectivity index (χ2v) is 4.96. The monoisotopic (exact) mass is 351 g/mol. The van der Waals surface area contributed by atoms with Crippen molar-refractivity contribution in [1.29, 1.82) is 0 Å². The van der Waals surface area contributed by atoms with Crippen LogP contribution in [0.5, 0.6) is 0 Å². The van der Waals surface area contributed by atoms with Gasteiger partial charge in [-0.15, -0.1) is 0 Å². The fraction of sp³-hybridized carbons (Fsp3) is 0.438. The molecule has 3 N–H and O–H groups in total. The van der Waals surface area contributed by atoms with Gasteiger partial charge in [0, 0.05) is 12.4 Å². The number of nitrogens with two attached hydrogens (primary N) is 1. The molecule has 2 atom stereocenters. The van der Waals surface area contributed by atoms with Crippen LogP contribution in [0.1, 0.15) is 30.6 Å². The largest absolute Gasteiger partial charge is 0.466 e. The highest BCUT2D eigenvalue weighted by molar-refractivity contribution is 5.99. The van der Waals surface area contributed by atoms with Crippen molar-refractivity contribution < 1.29 is 28.7 Å². The Hall–Kier alpha value is -2.97. The summed E-state index contributed by atoms with van der Waals surface area (Å²) in [6.07, 6.45) is 2.32. The maximum absolute atomic E-state index is 12.2. The molecule has 9 nitrogen and oxygen atoms in total. The van der Waals surface area contributed by atoms with E-state index in [1.807, 2.05) is 0 Å². The van der Waals surface area contributed by atoms with Gasteiger partial charge in [-0.05, 0) is 26.0 Å². The maximum Gasteiger partial charge on any atom is 0.312 e. The minimum Gasteiger partial charge on any atom is -0.466 e. The summed E-state index contributed by atoms with van der Waals surface area (Å²) < 4.78 is 9.68. The Kier molecular flexibility index (Phi) is 8.04. The van der Waals surface area contributed by atoms with E-state index in [9.17, 15) is 19.2 Å². The molecule has 9 heteroatoms. The second kappa shape index (κ2) is 10.0. The predicted octanol–water partition coefficient (Wildman–Crippen LogP) is -0.202. The van der Waals surface area contributed by atoms with Crippen LogP contribution in [-0.2, 0) is 23.9 Å². The van der Waals surface area contributed by atoms with Gasteiger partial charge in [0.25, 0.3) is 5.91 Å². The van der Waals surface area contributed by atoms with Gasteiger partial charge in [-0.3, -0.25) is 24.2 Å². The molecule has 0 aromatic carbocycles. The molecule has 0 spiro atoms. The van der Waals surface area contributed by atoms with Gasteiger partial charge < -0.3 is 20.5 Å². The number of primary amides is 1. The van der Waals surface area contributed by atoms with Gasteiger partial charge >= 0.3 is 11.9 Å². The summed E-state index contributed by atoms with van der Waals surface area (Å²) in [5.74, 6) is -4.46. The average Bonchev–Trinajstić information content (AvgIpc) is 2.58. The Labute approximate surface area is 144 Å². The van der Waals surface area contributed by atoms with E-state index in [1.54, 1.807) is 13.8 Å². The van der Waals surface area contributed by atoms with Gasteiger partial charge in [-0.2, -0.15) is 0 Å². The van der Waals surface area contributed by atoms with Crippen LogP contribution in [0.25, 0.3) is 0 Å².